The number of hydrogen-bond acceptors (Lipinski definition) is 4. The molecule has 8 nitrogen and oxygen atoms in total. The Kier molecular flexibility index (Phi) is 10.8. The molecule has 0 fully saturated rings. The van der Waals surface area contributed by atoms with Gasteiger partial charge < -0.3 is 31.2 Å². The van der Waals surface area contributed by atoms with Gasteiger partial charge in [-0.2, -0.15) is 0 Å². The highest BCUT2D eigenvalue weighted by Crippen LogP contribution is 2.27. The molecule has 0 aliphatic rings. The Morgan fingerprint density at radius 2 is 1.67 bits per heavy atom. The molecule has 0 aromatic heterocycles. The van der Waals surface area contributed by atoms with E-state index >= 15 is 0 Å². The molecule has 0 unspecified atom stereocenters. The normalized spacial score (nSPS) is 10.8. The van der Waals surface area contributed by atoms with Crippen LogP contribution in [-0.2, 0) is 13.1 Å². The number of carbonyl (C=O) groups is 1. The number of rotatable bonds is 8. The standard InChI is InChI=1S/C21H29N5O3.HI/c1-14(2)25-21(27)26-17-8-5-15(6-9-17)12-23-20(22)24-13-16-7-10-18(28-3)19(11-16)29-4;/h5-11,14H,12-13H2,1-4H3,(H3,22,23,24)(H2,25,26,27);1H. The first-order chi connectivity index (χ1) is 13.9. The summed E-state index contributed by atoms with van der Waals surface area (Å²) in [6.07, 6.45) is 0. The first kappa shape index (κ1) is 25.3. The highest BCUT2D eigenvalue weighted by Gasteiger charge is 2.05. The van der Waals surface area contributed by atoms with E-state index in [1.807, 2.05) is 56.3 Å². The lowest BCUT2D eigenvalue weighted by Crippen LogP contribution is -2.34. The number of anilines is 1. The second kappa shape index (κ2) is 12.8. The number of guanidine groups is 1. The molecule has 9 heteroatoms. The van der Waals surface area contributed by atoms with Crippen molar-refractivity contribution in [2.45, 2.75) is 33.0 Å². The summed E-state index contributed by atoms with van der Waals surface area (Å²) in [5.74, 6) is 1.67. The number of nitrogens with zero attached hydrogens (tertiary/aromatic N) is 1. The number of nitrogens with one attached hydrogen (secondary N) is 3. The number of methoxy groups -OCH3 is 2. The number of urea groups is 1. The van der Waals surface area contributed by atoms with Crippen molar-refractivity contribution in [1.82, 2.24) is 10.6 Å². The van der Waals surface area contributed by atoms with Crippen molar-refractivity contribution in [1.29, 1.82) is 0 Å². The number of benzene rings is 2. The van der Waals surface area contributed by atoms with Crippen molar-refractivity contribution in [3.63, 3.8) is 0 Å². The van der Waals surface area contributed by atoms with Gasteiger partial charge in [0.2, 0.25) is 0 Å². The summed E-state index contributed by atoms with van der Waals surface area (Å²) < 4.78 is 10.5. The van der Waals surface area contributed by atoms with Gasteiger partial charge in [0.1, 0.15) is 0 Å². The number of carbonyl (C=O) groups excluding carboxylic acids is 1. The maximum atomic E-state index is 11.7. The van der Waals surface area contributed by atoms with Crippen LogP contribution in [-0.4, -0.2) is 32.3 Å². The predicted molar refractivity (Wildman–Crippen MR) is 131 cm³/mol. The van der Waals surface area contributed by atoms with E-state index in [-0.39, 0.29) is 36.0 Å². The number of halogens is 1. The number of aliphatic imine (C=N–C) groups is 1. The Bertz CT molecular complexity index is 841. The minimum atomic E-state index is -0.225. The van der Waals surface area contributed by atoms with Crippen molar-refractivity contribution in [2.24, 2.45) is 10.7 Å². The molecule has 0 saturated carbocycles. The highest BCUT2D eigenvalue weighted by atomic mass is 127. The van der Waals surface area contributed by atoms with Gasteiger partial charge in [0.05, 0.1) is 20.8 Å². The van der Waals surface area contributed by atoms with Gasteiger partial charge in [-0.1, -0.05) is 18.2 Å². The molecule has 0 spiro atoms. The molecular weight excluding hydrogens is 497 g/mol. The fraction of sp³-hybridized carbons (Fsp3) is 0.333. The van der Waals surface area contributed by atoms with Crippen LogP contribution in [0.1, 0.15) is 25.0 Å². The van der Waals surface area contributed by atoms with Crippen LogP contribution in [0.3, 0.4) is 0 Å². The third kappa shape index (κ3) is 8.36. The van der Waals surface area contributed by atoms with Crippen LogP contribution in [0.4, 0.5) is 10.5 Å². The predicted octanol–water partition coefficient (Wildman–Crippen LogP) is 3.46. The van der Waals surface area contributed by atoms with Gasteiger partial charge in [0.15, 0.2) is 17.5 Å². The molecule has 0 heterocycles. The first-order valence-electron chi connectivity index (χ1n) is 9.32. The average Bonchev–Trinajstić information content (AvgIpc) is 2.70. The Balaban J connectivity index is 0.00000450. The van der Waals surface area contributed by atoms with E-state index in [0.717, 1.165) is 16.8 Å². The summed E-state index contributed by atoms with van der Waals surface area (Å²) in [5.41, 5.74) is 8.66. The van der Waals surface area contributed by atoms with Crippen LogP contribution >= 0.6 is 24.0 Å². The number of ether oxygens (including phenoxy) is 2. The van der Waals surface area contributed by atoms with Crippen molar-refractivity contribution in [3.8, 4) is 11.5 Å². The minimum absolute atomic E-state index is 0. The van der Waals surface area contributed by atoms with Gasteiger partial charge >= 0.3 is 6.03 Å². The van der Waals surface area contributed by atoms with Gasteiger partial charge in [-0.3, -0.25) is 0 Å². The molecule has 0 aliphatic heterocycles. The third-order valence-electron chi connectivity index (χ3n) is 3.99. The lowest BCUT2D eigenvalue weighted by Gasteiger charge is -2.11. The minimum Gasteiger partial charge on any atom is -0.493 e. The summed E-state index contributed by atoms with van der Waals surface area (Å²) in [7, 11) is 3.19. The van der Waals surface area contributed by atoms with Crippen molar-refractivity contribution in [2.75, 3.05) is 19.5 Å². The molecule has 164 valence electrons. The van der Waals surface area contributed by atoms with Crippen LogP contribution < -0.4 is 31.2 Å². The Morgan fingerprint density at radius 3 is 2.27 bits per heavy atom. The topological polar surface area (TPSA) is 110 Å². The summed E-state index contributed by atoms with van der Waals surface area (Å²) in [4.78, 5) is 16.1. The largest absolute Gasteiger partial charge is 0.493 e. The van der Waals surface area contributed by atoms with Crippen LogP contribution in [0, 0.1) is 0 Å². The van der Waals surface area contributed by atoms with Gasteiger partial charge in [-0.25, -0.2) is 9.79 Å². The Morgan fingerprint density at radius 1 is 1.03 bits per heavy atom. The van der Waals surface area contributed by atoms with Gasteiger partial charge in [0, 0.05) is 18.3 Å². The Hall–Kier alpha value is -2.69. The monoisotopic (exact) mass is 527 g/mol. The summed E-state index contributed by atoms with van der Waals surface area (Å²) >= 11 is 0. The fourth-order valence-corrected chi connectivity index (χ4v) is 2.54. The maximum absolute atomic E-state index is 11.7. The van der Waals surface area contributed by atoms with E-state index in [4.69, 9.17) is 15.2 Å². The second-order valence-electron chi connectivity index (χ2n) is 6.69. The van der Waals surface area contributed by atoms with Crippen LogP contribution in [0.2, 0.25) is 0 Å². The zero-order valence-electron chi connectivity index (χ0n) is 17.7. The zero-order valence-corrected chi connectivity index (χ0v) is 20.0. The third-order valence-corrected chi connectivity index (χ3v) is 3.99. The average molecular weight is 527 g/mol. The second-order valence-corrected chi connectivity index (χ2v) is 6.69. The summed E-state index contributed by atoms with van der Waals surface area (Å²) in [6, 6.07) is 13.0. The molecule has 0 aliphatic carbocycles. The maximum Gasteiger partial charge on any atom is 0.319 e. The smallest absolute Gasteiger partial charge is 0.319 e. The van der Waals surface area contributed by atoms with E-state index in [2.05, 4.69) is 20.9 Å². The molecule has 0 atom stereocenters. The molecule has 0 radical (unpaired) electrons. The number of amides is 2. The van der Waals surface area contributed by atoms with Crippen LogP contribution in [0.25, 0.3) is 0 Å². The van der Waals surface area contributed by atoms with E-state index in [0.29, 0.717) is 30.5 Å². The van der Waals surface area contributed by atoms with Crippen LogP contribution in [0.15, 0.2) is 47.5 Å². The SMILES string of the molecule is COc1ccc(CN=C(N)NCc2ccc(NC(=O)NC(C)C)cc2)cc1OC.I. The molecule has 0 saturated heterocycles. The lowest BCUT2D eigenvalue weighted by atomic mass is 10.2. The molecule has 2 aromatic rings. The number of nitrogens with two attached hydrogens (primary N) is 1. The van der Waals surface area contributed by atoms with E-state index in [9.17, 15) is 4.79 Å². The quantitative estimate of drug-likeness (QED) is 0.239. The molecule has 2 rings (SSSR count). The summed E-state index contributed by atoms with van der Waals surface area (Å²) in [5, 5.41) is 8.64. The highest BCUT2D eigenvalue weighted by molar-refractivity contribution is 14.0. The van der Waals surface area contributed by atoms with Gasteiger partial charge in [-0.05, 0) is 49.2 Å². The molecule has 5 N–H and O–H groups in total. The lowest BCUT2D eigenvalue weighted by molar-refractivity contribution is 0.250. The van der Waals surface area contributed by atoms with Crippen LogP contribution in [0.5, 0.6) is 11.5 Å². The molecule has 2 amide bonds. The van der Waals surface area contributed by atoms with Gasteiger partial charge in [-0.15, -0.1) is 24.0 Å². The van der Waals surface area contributed by atoms with E-state index in [1.165, 1.54) is 0 Å². The van der Waals surface area contributed by atoms with Crippen molar-refractivity contribution >= 4 is 41.7 Å². The Labute approximate surface area is 194 Å². The zero-order chi connectivity index (χ0) is 21.2. The molecule has 30 heavy (non-hydrogen) atoms. The van der Waals surface area contributed by atoms with Crippen molar-refractivity contribution in [3.05, 3.63) is 53.6 Å². The molecular formula is C21H30IN5O3. The number of hydrogen-bond donors (Lipinski definition) is 4. The van der Waals surface area contributed by atoms with Crippen molar-refractivity contribution < 1.29 is 14.3 Å². The van der Waals surface area contributed by atoms with Gasteiger partial charge in [0.25, 0.3) is 0 Å². The first-order valence-corrected chi connectivity index (χ1v) is 9.32. The molecule has 2 aromatic carbocycles. The molecule has 0 bridgehead atoms. The summed E-state index contributed by atoms with van der Waals surface area (Å²) in [6.45, 7) is 4.77. The fourth-order valence-electron chi connectivity index (χ4n) is 2.54. The van der Waals surface area contributed by atoms with E-state index in [1.54, 1.807) is 14.2 Å². The van der Waals surface area contributed by atoms with E-state index < -0.39 is 0 Å².